The predicted octanol–water partition coefficient (Wildman–Crippen LogP) is 1.17. The van der Waals surface area contributed by atoms with Crippen LogP contribution in [0, 0.1) is 0 Å². The molecule has 2 aromatic rings. The lowest BCUT2D eigenvalue weighted by atomic mass is 9.95. The van der Waals surface area contributed by atoms with E-state index in [1.165, 1.54) is 4.90 Å². The van der Waals surface area contributed by atoms with Crippen LogP contribution in [0.2, 0.25) is 0 Å². The third-order valence-corrected chi connectivity index (χ3v) is 7.43. The van der Waals surface area contributed by atoms with Gasteiger partial charge in [0.2, 0.25) is 5.78 Å². The number of unbranched alkanes of at least 4 members (excludes halogenated alkanes) is 2. The van der Waals surface area contributed by atoms with E-state index < -0.39 is 23.5 Å². The molecule has 3 aliphatic rings. The monoisotopic (exact) mass is 536 g/mol. The van der Waals surface area contributed by atoms with Crippen LogP contribution in [0.1, 0.15) is 43.4 Å². The van der Waals surface area contributed by atoms with E-state index in [1.807, 2.05) is 24.3 Å². The van der Waals surface area contributed by atoms with Gasteiger partial charge in [-0.3, -0.25) is 9.59 Å². The molecule has 2 aromatic carbocycles. The lowest BCUT2D eigenvalue weighted by Crippen LogP contribution is -3.14. The van der Waals surface area contributed by atoms with Crippen LogP contribution in [0.25, 0.3) is 5.76 Å². The number of carbonyl (C=O) groups is 2. The molecule has 5 rings (SSSR count). The first-order chi connectivity index (χ1) is 19.1. The zero-order chi connectivity index (χ0) is 27.2. The molecule has 9 nitrogen and oxygen atoms in total. The maximum absolute atomic E-state index is 13.9. The van der Waals surface area contributed by atoms with Crippen LogP contribution in [0.5, 0.6) is 17.2 Å². The summed E-state index contributed by atoms with van der Waals surface area (Å²) in [6.07, 6.45) is 3.11. The van der Waals surface area contributed by atoms with Crippen molar-refractivity contribution in [2.45, 2.75) is 32.2 Å². The number of Topliss-reactive ketones (excluding diaryl/α,β-unsaturated/α-hetero) is 1. The maximum atomic E-state index is 13.9. The van der Waals surface area contributed by atoms with Gasteiger partial charge in [0, 0.05) is 5.57 Å². The Kier molecular flexibility index (Phi) is 8.68. The first-order valence-electron chi connectivity index (χ1n) is 13.9. The first-order valence-corrected chi connectivity index (χ1v) is 13.9. The van der Waals surface area contributed by atoms with Crippen LogP contribution in [-0.2, 0) is 14.3 Å². The van der Waals surface area contributed by atoms with Gasteiger partial charge in [-0.2, -0.15) is 0 Å². The molecular formula is C30H36N2O7. The molecular weight excluding hydrogens is 500 g/mol. The standard InChI is InChI=1S/C30H36N2O7/c1-2-3-4-14-37-23-7-5-6-21(19-23)27-26(28(33)22-8-9-24-25(20-22)39-18-17-38-24)29(34)30(35)32(27)11-10-31-12-15-36-16-13-31/h5-9,19-20,27,33H,2-4,10-18H2,1H3. The first kappa shape index (κ1) is 27.0. The van der Waals surface area contributed by atoms with Gasteiger partial charge in [0.05, 0.1) is 39.0 Å². The molecule has 0 aromatic heterocycles. The minimum atomic E-state index is -0.801. The fraction of sp³-hybridized carbons (Fsp3) is 0.467. The molecule has 39 heavy (non-hydrogen) atoms. The largest absolute Gasteiger partial charge is 0.872 e. The van der Waals surface area contributed by atoms with Crippen molar-refractivity contribution in [1.82, 2.24) is 4.90 Å². The van der Waals surface area contributed by atoms with E-state index in [2.05, 4.69) is 6.92 Å². The van der Waals surface area contributed by atoms with E-state index in [0.717, 1.165) is 32.4 Å². The number of carbonyl (C=O) groups excluding carboxylic acids is 2. The van der Waals surface area contributed by atoms with Crippen molar-refractivity contribution in [2.24, 2.45) is 0 Å². The van der Waals surface area contributed by atoms with Crippen LogP contribution in [-0.4, -0.2) is 75.8 Å². The second kappa shape index (κ2) is 12.5. The summed E-state index contributed by atoms with van der Waals surface area (Å²) in [4.78, 5) is 29.6. The third-order valence-electron chi connectivity index (χ3n) is 7.43. The molecule has 1 atom stereocenters. The predicted molar refractivity (Wildman–Crippen MR) is 142 cm³/mol. The SMILES string of the molecule is CCCCCOc1cccc(C2C(=C([O-])c3ccc4c(c3)OCCO4)C(=O)C(=O)N2CC[NH+]2CCOCC2)c1. The second-order valence-corrected chi connectivity index (χ2v) is 10.1. The molecule has 2 fully saturated rings. The number of fused-ring (bicyclic) bond motifs is 1. The quantitative estimate of drug-likeness (QED) is 0.211. The minimum Gasteiger partial charge on any atom is -0.872 e. The Hall–Kier alpha value is -3.56. The van der Waals surface area contributed by atoms with Gasteiger partial charge in [-0.15, -0.1) is 0 Å². The molecule has 3 aliphatic heterocycles. The highest BCUT2D eigenvalue weighted by atomic mass is 16.6. The van der Waals surface area contributed by atoms with Gasteiger partial charge in [-0.25, -0.2) is 0 Å². The average Bonchev–Trinajstić information content (AvgIpc) is 3.23. The highest BCUT2D eigenvalue weighted by Crippen LogP contribution is 2.40. The number of quaternary nitrogens is 1. The normalized spacial score (nSPS) is 20.8. The molecule has 0 radical (unpaired) electrons. The fourth-order valence-electron chi connectivity index (χ4n) is 5.29. The zero-order valence-electron chi connectivity index (χ0n) is 22.4. The highest BCUT2D eigenvalue weighted by molar-refractivity contribution is 6.46. The van der Waals surface area contributed by atoms with Crippen molar-refractivity contribution >= 4 is 17.4 Å². The van der Waals surface area contributed by atoms with Gasteiger partial charge in [0.1, 0.15) is 32.1 Å². The number of nitrogens with zero attached hydrogens (tertiary/aromatic N) is 1. The van der Waals surface area contributed by atoms with E-state index >= 15 is 0 Å². The topological polar surface area (TPSA) is 102 Å². The second-order valence-electron chi connectivity index (χ2n) is 10.1. The average molecular weight is 537 g/mol. The van der Waals surface area contributed by atoms with Crippen molar-refractivity contribution in [1.29, 1.82) is 0 Å². The number of hydrogen-bond donors (Lipinski definition) is 1. The Morgan fingerprint density at radius 3 is 2.62 bits per heavy atom. The minimum absolute atomic E-state index is 0.0446. The van der Waals surface area contributed by atoms with Gasteiger partial charge in [-0.05, 0) is 41.8 Å². The van der Waals surface area contributed by atoms with Gasteiger partial charge in [0.15, 0.2) is 11.5 Å². The molecule has 2 saturated heterocycles. The van der Waals surface area contributed by atoms with E-state index in [9.17, 15) is 14.7 Å². The van der Waals surface area contributed by atoms with E-state index in [1.54, 1.807) is 23.1 Å². The summed E-state index contributed by atoms with van der Waals surface area (Å²) in [6.45, 7) is 7.57. The number of ketones is 1. The Morgan fingerprint density at radius 2 is 1.82 bits per heavy atom. The Labute approximate surface area is 228 Å². The van der Waals surface area contributed by atoms with Crippen molar-refractivity contribution in [3.05, 3.63) is 59.2 Å². The van der Waals surface area contributed by atoms with Crippen LogP contribution < -0.4 is 24.2 Å². The van der Waals surface area contributed by atoms with E-state index in [4.69, 9.17) is 18.9 Å². The number of ether oxygens (including phenoxy) is 4. The lowest BCUT2D eigenvalue weighted by molar-refractivity contribution is -0.907. The van der Waals surface area contributed by atoms with Crippen LogP contribution in [0.3, 0.4) is 0 Å². The van der Waals surface area contributed by atoms with Gasteiger partial charge < -0.3 is 33.9 Å². The van der Waals surface area contributed by atoms with Crippen LogP contribution >= 0.6 is 0 Å². The summed E-state index contributed by atoms with van der Waals surface area (Å²) < 4.78 is 22.7. The summed E-state index contributed by atoms with van der Waals surface area (Å²) in [5.41, 5.74) is 0.921. The van der Waals surface area contributed by atoms with Crippen molar-refractivity contribution in [3.8, 4) is 17.2 Å². The molecule has 0 bridgehead atoms. The van der Waals surface area contributed by atoms with Gasteiger partial charge in [0.25, 0.3) is 5.91 Å². The number of amides is 1. The number of nitrogens with one attached hydrogen (secondary N) is 1. The Balaban J connectivity index is 1.49. The number of hydrogen-bond acceptors (Lipinski definition) is 7. The zero-order valence-corrected chi connectivity index (χ0v) is 22.4. The van der Waals surface area contributed by atoms with E-state index in [-0.39, 0.29) is 11.1 Å². The number of rotatable bonds is 10. The molecule has 1 N–H and O–H groups in total. The summed E-state index contributed by atoms with van der Waals surface area (Å²) in [5, 5.41) is 13.9. The number of likely N-dealkylation sites (tertiary alicyclic amines) is 1. The third kappa shape index (κ3) is 6.04. The fourth-order valence-corrected chi connectivity index (χ4v) is 5.29. The number of benzene rings is 2. The molecule has 0 aliphatic carbocycles. The summed E-state index contributed by atoms with van der Waals surface area (Å²) in [6, 6.07) is 11.5. The summed E-state index contributed by atoms with van der Waals surface area (Å²) >= 11 is 0. The molecule has 0 spiro atoms. The van der Waals surface area contributed by atoms with Crippen LogP contribution in [0.15, 0.2) is 48.0 Å². The van der Waals surface area contributed by atoms with Gasteiger partial charge >= 0.3 is 0 Å². The van der Waals surface area contributed by atoms with Crippen LogP contribution in [0.4, 0.5) is 0 Å². The molecule has 3 heterocycles. The lowest BCUT2D eigenvalue weighted by Gasteiger charge is -2.30. The van der Waals surface area contributed by atoms with Crippen molar-refractivity contribution in [2.75, 3.05) is 59.2 Å². The highest BCUT2D eigenvalue weighted by Gasteiger charge is 2.44. The molecule has 1 unspecified atom stereocenters. The molecule has 9 heteroatoms. The smallest absolute Gasteiger partial charge is 0.295 e. The Bertz CT molecular complexity index is 1220. The molecule has 0 saturated carbocycles. The Morgan fingerprint density at radius 1 is 1.03 bits per heavy atom. The number of morpholine rings is 1. The molecule has 208 valence electrons. The summed E-state index contributed by atoms with van der Waals surface area (Å²) in [5.74, 6) is -0.229. The maximum Gasteiger partial charge on any atom is 0.295 e. The van der Waals surface area contributed by atoms with E-state index in [0.29, 0.717) is 68.9 Å². The van der Waals surface area contributed by atoms with Crippen molar-refractivity contribution < 1.29 is 38.5 Å². The van der Waals surface area contributed by atoms with Gasteiger partial charge in [-0.1, -0.05) is 43.7 Å². The molecule has 1 amide bonds. The summed E-state index contributed by atoms with van der Waals surface area (Å²) in [7, 11) is 0. The van der Waals surface area contributed by atoms with Crippen molar-refractivity contribution in [3.63, 3.8) is 0 Å².